The lowest BCUT2D eigenvalue weighted by molar-refractivity contribution is -0.132. The number of carbonyl (C=O) groups is 1. The van der Waals surface area contributed by atoms with Gasteiger partial charge in [0, 0.05) is 4.90 Å². The molecule has 1 fully saturated rings. The van der Waals surface area contributed by atoms with Crippen LogP contribution in [0.2, 0.25) is 0 Å². The van der Waals surface area contributed by atoms with Crippen LogP contribution in [0.15, 0.2) is 59.5 Å². The number of nitrogens with one attached hydrogen (secondary N) is 2. The van der Waals surface area contributed by atoms with Gasteiger partial charge in [-0.3, -0.25) is 10.0 Å². The second-order valence-electron chi connectivity index (χ2n) is 5.68. The van der Waals surface area contributed by atoms with Gasteiger partial charge in [-0.25, -0.2) is 5.48 Å². The van der Waals surface area contributed by atoms with Gasteiger partial charge in [0.1, 0.15) is 16.2 Å². The Kier molecular flexibility index (Phi) is 5.40. The maximum atomic E-state index is 12.2. The lowest BCUT2D eigenvalue weighted by Gasteiger charge is -2.34. The summed E-state index contributed by atoms with van der Waals surface area (Å²) in [6.45, 7) is 1.50. The van der Waals surface area contributed by atoms with Crippen molar-refractivity contribution in [2.24, 2.45) is 0 Å². The summed E-state index contributed by atoms with van der Waals surface area (Å²) in [7, 11) is 0. The van der Waals surface area contributed by atoms with Crippen molar-refractivity contribution in [2.75, 3.05) is 13.1 Å². The van der Waals surface area contributed by atoms with E-state index in [4.69, 9.17) is 9.94 Å². The lowest BCUT2D eigenvalue weighted by atomic mass is 9.96. The Bertz CT molecular complexity index is 688. The van der Waals surface area contributed by atoms with Gasteiger partial charge in [0.25, 0.3) is 5.91 Å². The number of ether oxygens (including phenoxy) is 1. The molecule has 0 bridgehead atoms. The second-order valence-corrected chi connectivity index (χ2v) is 7.13. The minimum absolute atomic E-state index is 0.344. The summed E-state index contributed by atoms with van der Waals surface area (Å²) in [5.74, 6) is 1.15. The molecule has 3 N–H and O–H groups in total. The predicted molar refractivity (Wildman–Crippen MR) is 93.6 cm³/mol. The van der Waals surface area contributed by atoms with Gasteiger partial charge < -0.3 is 10.1 Å². The number of hydrogen-bond acceptors (Lipinski definition) is 5. The Hall–Kier alpha value is -2.02. The number of rotatable bonds is 5. The molecule has 0 atom stereocenters. The first-order chi connectivity index (χ1) is 11.7. The zero-order valence-corrected chi connectivity index (χ0v) is 14.0. The van der Waals surface area contributed by atoms with E-state index in [1.54, 1.807) is 0 Å². The number of benzene rings is 2. The van der Waals surface area contributed by atoms with Gasteiger partial charge in [-0.2, -0.15) is 0 Å². The number of carbonyl (C=O) groups excluding carboxylic acids is 1. The number of hydrogen-bond donors (Lipinski definition) is 3. The molecule has 1 saturated heterocycles. The zero-order chi connectivity index (χ0) is 16.8. The molecule has 0 spiro atoms. The summed E-state index contributed by atoms with van der Waals surface area (Å²) in [4.78, 5) is 13.2. The molecular formula is C18H20N2O3S. The quantitative estimate of drug-likeness (QED) is 0.574. The van der Waals surface area contributed by atoms with E-state index in [2.05, 4.69) is 5.32 Å². The Morgan fingerprint density at radius 2 is 1.79 bits per heavy atom. The fraction of sp³-hybridized carbons (Fsp3) is 0.278. The summed E-state index contributed by atoms with van der Waals surface area (Å²) >= 11 is 1.48. The number of thioether (sulfide) groups is 1. The van der Waals surface area contributed by atoms with E-state index in [0.717, 1.165) is 29.5 Å². The molecule has 1 heterocycles. The molecule has 1 aliphatic rings. The van der Waals surface area contributed by atoms with Crippen LogP contribution in [0.1, 0.15) is 12.8 Å². The monoisotopic (exact) mass is 344 g/mol. The first-order valence-electron chi connectivity index (χ1n) is 7.89. The SMILES string of the molecule is O=C(NO)C1(Sc2cccc(Oc3ccccc3)c2)CCNCC1. The first-order valence-corrected chi connectivity index (χ1v) is 8.71. The standard InChI is InChI=1S/C18H20N2O3S/c21-17(20-22)18(9-11-19-12-10-18)24-16-8-4-7-15(13-16)23-14-5-2-1-3-6-14/h1-8,13,19,22H,9-12H2,(H,20,21). The highest BCUT2D eigenvalue weighted by atomic mass is 32.2. The molecule has 0 saturated carbocycles. The van der Waals surface area contributed by atoms with E-state index in [-0.39, 0.29) is 5.91 Å². The van der Waals surface area contributed by atoms with Crippen molar-refractivity contribution in [3.8, 4) is 11.5 Å². The largest absolute Gasteiger partial charge is 0.457 e. The summed E-state index contributed by atoms with van der Waals surface area (Å²) < 4.78 is 5.19. The number of piperidine rings is 1. The van der Waals surface area contributed by atoms with Crippen molar-refractivity contribution in [1.29, 1.82) is 0 Å². The van der Waals surface area contributed by atoms with Crippen molar-refractivity contribution in [3.05, 3.63) is 54.6 Å². The van der Waals surface area contributed by atoms with Crippen molar-refractivity contribution >= 4 is 17.7 Å². The van der Waals surface area contributed by atoms with Gasteiger partial charge in [-0.1, -0.05) is 24.3 Å². The molecule has 2 aromatic rings. The molecule has 126 valence electrons. The fourth-order valence-electron chi connectivity index (χ4n) is 2.76. The molecule has 0 radical (unpaired) electrons. The minimum Gasteiger partial charge on any atom is -0.457 e. The van der Waals surface area contributed by atoms with Crippen molar-refractivity contribution in [1.82, 2.24) is 10.8 Å². The molecule has 1 amide bonds. The van der Waals surface area contributed by atoms with E-state index in [9.17, 15) is 4.79 Å². The van der Waals surface area contributed by atoms with E-state index in [0.29, 0.717) is 12.8 Å². The van der Waals surface area contributed by atoms with Crippen LogP contribution in [0, 0.1) is 0 Å². The van der Waals surface area contributed by atoms with Crippen LogP contribution in [0.5, 0.6) is 11.5 Å². The zero-order valence-electron chi connectivity index (χ0n) is 13.2. The predicted octanol–water partition coefficient (Wildman–Crippen LogP) is 3.20. The van der Waals surface area contributed by atoms with Crippen LogP contribution in [-0.2, 0) is 4.79 Å². The van der Waals surface area contributed by atoms with Gasteiger partial charge in [-0.05, 0) is 56.3 Å². The summed E-state index contributed by atoms with van der Waals surface area (Å²) in [6, 6.07) is 17.2. The van der Waals surface area contributed by atoms with Crippen molar-refractivity contribution < 1.29 is 14.7 Å². The molecule has 6 heteroatoms. The van der Waals surface area contributed by atoms with Crippen molar-refractivity contribution in [2.45, 2.75) is 22.5 Å². The number of amides is 1. The van der Waals surface area contributed by atoms with Crippen LogP contribution in [0.25, 0.3) is 0 Å². The smallest absolute Gasteiger partial charge is 0.260 e. The van der Waals surface area contributed by atoms with E-state index in [1.807, 2.05) is 60.1 Å². The highest BCUT2D eigenvalue weighted by Gasteiger charge is 2.40. The topological polar surface area (TPSA) is 70.6 Å². The lowest BCUT2D eigenvalue weighted by Crippen LogP contribution is -2.49. The maximum absolute atomic E-state index is 12.2. The normalized spacial score (nSPS) is 16.4. The average Bonchev–Trinajstić information content (AvgIpc) is 2.63. The van der Waals surface area contributed by atoms with Gasteiger partial charge >= 0.3 is 0 Å². The van der Waals surface area contributed by atoms with Crippen LogP contribution >= 0.6 is 11.8 Å². The molecule has 2 aromatic carbocycles. The van der Waals surface area contributed by atoms with Gasteiger partial charge in [0.2, 0.25) is 0 Å². The molecule has 0 aliphatic carbocycles. The maximum Gasteiger partial charge on any atom is 0.260 e. The highest BCUT2D eigenvalue weighted by Crippen LogP contribution is 2.41. The van der Waals surface area contributed by atoms with E-state index < -0.39 is 4.75 Å². The molecule has 1 aliphatic heterocycles. The third kappa shape index (κ3) is 3.90. The van der Waals surface area contributed by atoms with E-state index >= 15 is 0 Å². The average molecular weight is 344 g/mol. The Morgan fingerprint density at radius 1 is 1.08 bits per heavy atom. The minimum atomic E-state index is -0.661. The first kappa shape index (κ1) is 16.8. The number of hydroxylamine groups is 1. The Balaban J connectivity index is 1.78. The van der Waals surface area contributed by atoms with Gasteiger partial charge in [-0.15, -0.1) is 11.8 Å². The van der Waals surface area contributed by atoms with Crippen LogP contribution in [-0.4, -0.2) is 29.0 Å². The van der Waals surface area contributed by atoms with Crippen molar-refractivity contribution in [3.63, 3.8) is 0 Å². The van der Waals surface area contributed by atoms with Crippen LogP contribution in [0.3, 0.4) is 0 Å². The van der Waals surface area contributed by atoms with Gasteiger partial charge in [0.05, 0.1) is 0 Å². The third-order valence-corrected chi connectivity index (χ3v) is 5.50. The molecule has 5 nitrogen and oxygen atoms in total. The number of para-hydroxylation sites is 1. The molecule has 3 rings (SSSR count). The second kappa shape index (κ2) is 7.70. The summed E-state index contributed by atoms with van der Waals surface area (Å²) in [5, 5.41) is 12.4. The Labute approximate surface area is 145 Å². The van der Waals surface area contributed by atoms with Crippen LogP contribution in [0.4, 0.5) is 0 Å². The molecule has 24 heavy (non-hydrogen) atoms. The fourth-order valence-corrected chi connectivity index (χ4v) is 4.08. The molecular weight excluding hydrogens is 324 g/mol. The summed E-state index contributed by atoms with van der Waals surface area (Å²) in [5.41, 5.74) is 1.83. The van der Waals surface area contributed by atoms with Gasteiger partial charge in [0.15, 0.2) is 0 Å². The molecule has 0 aromatic heterocycles. The highest BCUT2D eigenvalue weighted by molar-refractivity contribution is 8.01. The third-order valence-electron chi connectivity index (χ3n) is 4.02. The molecule has 0 unspecified atom stereocenters. The Morgan fingerprint density at radius 3 is 2.50 bits per heavy atom. The van der Waals surface area contributed by atoms with E-state index in [1.165, 1.54) is 11.8 Å². The van der Waals surface area contributed by atoms with Crippen LogP contribution < -0.4 is 15.5 Å². The summed E-state index contributed by atoms with van der Waals surface area (Å²) in [6.07, 6.45) is 1.32.